The minimum Gasteiger partial charge on any atom is -0.267 e. The normalized spacial score (nSPS) is 14.1. The van der Waals surface area contributed by atoms with Crippen molar-refractivity contribution in [2.75, 3.05) is 0 Å². The molecule has 3 nitrogen and oxygen atoms in total. The van der Waals surface area contributed by atoms with Crippen LogP contribution in [0.3, 0.4) is 0 Å². The summed E-state index contributed by atoms with van der Waals surface area (Å²) < 4.78 is 2.09. The Hall–Kier alpha value is -0.990. The fourth-order valence-corrected chi connectivity index (χ4v) is 0.956. The molecule has 0 radical (unpaired) electrons. The summed E-state index contributed by atoms with van der Waals surface area (Å²) in [5, 5.41) is 4.01. The van der Waals surface area contributed by atoms with Gasteiger partial charge in [0.15, 0.2) is 0 Å². The molecule has 3 heteroatoms. The van der Waals surface area contributed by atoms with Crippen molar-refractivity contribution in [3.8, 4) is 0 Å². The maximum absolute atomic E-state index is 4.01. The van der Waals surface area contributed by atoms with Crippen LogP contribution in [0.1, 0.15) is 25.6 Å². The van der Waals surface area contributed by atoms with Crippen LogP contribution in [0.25, 0.3) is 0 Å². The lowest BCUT2D eigenvalue weighted by Crippen LogP contribution is -2.29. The van der Waals surface area contributed by atoms with Gasteiger partial charge < -0.3 is 0 Å². The van der Waals surface area contributed by atoms with E-state index < -0.39 is 0 Å². The highest BCUT2D eigenvalue weighted by molar-refractivity contribution is 5.81. The SMILES string of the molecule is CC(C)n1cc2n1N=C2. The predicted molar refractivity (Wildman–Crippen MR) is 35.8 cm³/mol. The molecule has 1 aliphatic heterocycles. The summed E-state index contributed by atoms with van der Waals surface area (Å²) in [5.41, 5.74) is 1.23. The van der Waals surface area contributed by atoms with Crippen molar-refractivity contribution in [1.82, 2.24) is 9.47 Å². The molecule has 0 bridgehead atoms. The van der Waals surface area contributed by atoms with Crippen molar-refractivity contribution in [1.29, 1.82) is 0 Å². The molecule has 0 fully saturated rings. The maximum Gasteiger partial charge on any atom is 0.122 e. The van der Waals surface area contributed by atoms with Crippen molar-refractivity contribution in [2.24, 2.45) is 5.10 Å². The summed E-state index contributed by atoms with van der Waals surface area (Å²) in [7, 11) is 0. The third-order valence-electron chi connectivity index (χ3n) is 1.54. The van der Waals surface area contributed by atoms with E-state index in [9.17, 15) is 0 Å². The molecule has 0 spiro atoms. The van der Waals surface area contributed by atoms with Crippen LogP contribution in [0.4, 0.5) is 0 Å². The van der Waals surface area contributed by atoms with Crippen molar-refractivity contribution in [2.45, 2.75) is 19.9 Å². The molecule has 0 saturated carbocycles. The second-order valence-corrected chi connectivity index (χ2v) is 2.56. The zero-order chi connectivity index (χ0) is 6.43. The average Bonchev–Trinajstić information content (AvgIpc) is 1.76. The van der Waals surface area contributed by atoms with Gasteiger partial charge in [0.1, 0.15) is 5.69 Å². The monoisotopic (exact) mass is 123 g/mol. The summed E-state index contributed by atoms with van der Waals surface area (Å²) in [6.07, 6.45) is 3.95. The molecule has 0 saturated heterocycles. The second kappa shape index (κ2) is 1.29. The summed E-state index contributed by atoms with van der Waals surface area (Å²) in [4.78, 5) is 1.91. The van der Waals surface area contributed by atoms with Crippen LogP contribution in [0.5, 0.6) is 0 Å². The van der Waals surface area contributed by atoms with E-state index in [-0.39, 0.29) is 0 Å². The smallest absolute Gasteiger partial charge is 0.122 e. The van der Waals surface area contributed by atoms with Crippen molar-refractivity contribution < 1.29 is 0 Å². The number of hydrogen-bond donors (Lipinski definition) is 0. The molecule has 0 N–H and O–H groups in total. The quantitative estimate of drug-likeness (QED) is 0.541. The van der Waals surface area contributed by atoms with E-state index >= 15 is 0 Å². The molecule has 2 heterocycles. The lowest BCUT2D eigenvalue weighted by Gasteiger charge is -2.27. The lowest BCUT2D eigenvalue weighted by atomic mass is 10.3. The predicted octanol–water partition coefficient (Wildman–Crippen LogP) is 1.07. The van der Waals surface area contributed by atoms with Gasteiger partial charge in [-0.25, -0.2) is 0 Å². The highest BCUT2D eigenvalue weighted by atomic mass is 15.6. The molecule has 1 aromatic rings. The van der Waals surface area contributed by atoms with Crippen LogP contribution in [-0.2, 0) is 0 Å². The minimum absolute atomic E-state index is 0.534. The molecular formula is C6H9N3. The fourth-order valence-electron chi connectivity index (χ4n) is 0.956. The van der Waals surface area contributed by atoms with E-state index in [1.54, 1.807) is 0 Å². The minimum atomic E-state index is 0.534. The first-order valence-electron chi connectivity index (χ1n) is 3.13. The summed E-state index contributed by atoms with van der Waals surface area (Å²) in [5.74, 6) is 0. The molecule has 48 valence electrons. The van der Waals surface area contributed by atoms with E-state index in [1.165, 1.54) is 5.69 Å². The average molecular weight is 123 g/mol. The highest BCUT2D eigenvalue weighted by Gasteiger charge is 2.15. The van der Waals surface area contributed by atoms with Gasteiger partial charge in [-0.05, 0) is 13.8 Å². The van der Waals surface area contributed by atoms with Gasteiger partial charge in [0, 0.05) is 6.04 Å². The van der Waals surface area contributed by atoms with Crippen molar-refractivity contribution in [3.05, 3.63) is 11.9 Å². The van der Waals surface area contributed by atoms with Crippen LogP contribution >= 0.6 is 0 Å². The largest absolute Gasteiger partial charge is 0.267 e. The van der Waals surface area contributed by atoms with Crippen molar-refractivity contribution >= 4 is 6.21 Å². The number of hydrogen-bond acceptors (Lipinski definition) is 1. The standard InChI is InChI=1S/C6H9N3/c1-5(2)8-4-6-3-7-9(6)8/h3-5H,1-2H3. The molecule has 1 aliphatic rings. The van der Waals surface area contributed by atoms with Gasteiger partial charge in [-0.15, -0.1) is 0 Å². The van der Waals surface area contributed by atoms with Gasteiger partial charge in [0.25, 0.3) is 0 Å². The Kier molecular flexibility index (Phi) is 0.695. The van der Waals surface area contributed by atoms with Gasteiger partial charge in [-0.1, -0.05) is 0 Å². The molecule has 0 unspecified atom stereocenters. The van der Waals surface area contributed by atoms with E-state index in [2.05, 4.69) is 29.8 Å². The number of rotatable bonds is 1. The topological polar surface area (TPSA) is 22.2 Å². The summed E-state index contributed by atoms with van der Waals surface area (Å²) in [6.45, 7) is 4.28. The van der Waals surface area contributed by atoms with Gasteiger partial charge in [-0.2, -0.15) is 9.89 Å². The Morgan fingerprint density at radius 1 is 1.56 bits per heavy atom. The zero-order valence-corrected chi connectivity index (χ0v) is 5.57. The van der Waals surface area contributed by atoms with Crippen LogP contribution in [-0.4, -0.2) is 15.7 Å². The zero-order valence-electron chi connectivity index (χ0n) is 5.57. The molecule has 0 atom stereocenters. The van der Waals surface area contributed by atoms with E-state index in [0.29, 0.717) is 6.04 Å². The first-order valence-corrected chi connectivity index (χ1v) is 3.13. The molecule has 2 rings (SSSR count). The molecule has 0 amide bonds. The number of aromatic nitrogens is 2. The molecule has 0 aromatic carbocycles. The van der Waals surface area contributed by atoms with E-state index in [1.807, 2.05) is 11.0 Å². The van der Waals surface area contributed by atoms with Crippen LogP contribution < -0.4 is 0 Å². The first-order chi connectivity index (χ1) is 4.29. The molecule has 1 aromatic heterocycles. The van der Waals surface area contributed by atoms with Crippen LogP contribution in [0.2, 0.25) is 0 Å². The van der Waals surface area contributed by atoms with Gasteiger partial charge in [0.2, 0.25) is 0 Å². The summed E-state index contributed by atoms with van der Waals surface area (Å²) in [6, 6.07) is 0.534. The van der Waals surface area contributed by atoms with E-state index in [0.717, 1.165) is 0 Å². The van der Waals surface area contributed by atoms with Gasteiger partial charge >= 0.3 is 0 Å². The Labute approximate surface area is 53.6 Å². The van der Waals surface area contributed by atoms with Crippen LogP contribution in [0.15, 0.2) is 11.3 Å². The van der Waals surface area contributed by atoms with Gasteiger partial charge in [0.05, 0.1) is 12.4 Å². The molecule has 9 heavy (non-hydrogen) atoms. The Morgan fingerprint density at radius 3 is 2.44 bits per heavy atom. The maximum atomic E-state index is 4.01. The lowest BCUT2D eigenvalue weighted by molar-refractivity contribution is 0.380. The highest BCUT2D eigenvalue weighted by Crippen LogP contribution is 2.15. The summed E-state index contributed by atoms with van der Waals surface area (Å²) >= 11 is 0. The Morgan fingerprint density at radius 2 is 2.33 bits per heavy atom. The van der Waals surface area contributed by atoms with Gasteiger partial charge in [-0.3, -0.25) is 4.68 Å². The number of fused-ring (bicyclic) bond motifs is 1. The second-order valence-electron chi connectivity index (χ2n) is 2.56. The Bertz CT molecular complexity index is 252. The Balaban J connectivity index is 2.31. The van der Waals surface area contributed by atoms with E-state index in [4.69, 9.17) is 0 Å². The van der Waals surface area contributed by atoms with Crippen molar-refractivity contribution in [3.63, 3.8) is 0 Å². The number of nitrogens with zero attached hydrogens (tertiary/aromatic N) is 3. The fraction of sp³-hybridized carbons (Fsp3) is 0.500. The van der Waals surface area contributed by atoms with Crippen LogP contribution in [0, 0.1) is 0 Å². The first kappa shape index (κ1) is 4.85. The molecular weight excluding hydrogens is 114 g/mol. The third-order valence-corrected chi connectivity index (χ3v) is 1.54. The third kappa shape index (κ3) is 0.439. The molecule has 0 aliphatic carbocycles.